The quantitative estimate of drug-likeness (QED) is 0.692. The van der Waals surface area contributed by atoms with Gasteiger partial charge in [0.25, 0.3) is 0 Å². The Morgan fingerprint density at radius 3 is 2.53 bits per heavy atom. The van der Waals surface area contributed by atoms with E-state index in [4.69, 9.17) is 11.5 Å². The van der Waals surface area contributed by atoms with Crippen LogP contribution in [0.1, 0.15) is 52.4 Å². The Morgan fingerprint density at radius 1 is 1.20 bits per heavy atom. The zero-order chi connectivity index (χ0) is 10.9. The highest BCUT2D eigenvalue weighted by Gasteiger charge is 2.63. The predicted octanol–water partition coefficient (Wildman–Crippen LogP) is 2.02. The van der Waals surface area contributed by atoms with Crippen LogP contribution in [0.5, 0.6) is 0 Å². The molecule has 0 aromatic carbocycles. The summed E-state index contributed by atoms with van der Waals surface area (Å²) in [5, 5.41) is 0. The number of hydrogen-bond donors (Lipinski definition) is 2. The molecule has 4 aliphatic carbocycles. The summed E-state index contributed by atoms with van der Waals surface area (Å²) < 4.78 is 0. The molecule has 2 nitrogen and oxygen atoms in total. The molecular weight excluding hydrogens is 184 g/mol. The van der Waals surface area contributed by atoms with E-state index in [9.17, 15) is 0 Å². The maximum Gasteiger partial charge on any atom is 0.0321 e. The molecule has 0 aromatic heterocycles. The van der Waals surface area contributed by atoms with Crippen LogP contribution in [0, 0.1) is 16.7 Å². The number of rotatable bonds is 1. The fourth-order valence-electron chi connectivity index (χ4n) is 5.49. The van der Waals surface area contributed by atoms with Crippen molar-refractivity contribution in [2.75, 3.05) is 0 Å². The van der Waals surface area contributed by atoms with Crippen molar-refractivity contribution in [2.24, 2.45) is 28.2 Å². The highest BCUT2D eigenvalue weighted by atomic mass is 14.9. The largest absolute Gasteiger partial charge is 0.326 e. The van der Waals surface area contributed by atoms with Gasteiger partial charge < -0.3 is 11.5 Å². The Labute approximate surface area is 92.8 Å². The summed E-state index contributed by atoms with van der Waals surface area (Å²) in [7, 11) is 0. The summed E-state index contributed by atoms with van der Waals surface area (Å²) in [6, 6.07) is 0.237. The fraction of sp³-hybridized carbons (Fsp3) is 1.00. The molecule has 0 amide bonds. The molecule has 4 rings (SSSR count). The van der Waals surface area contributed by atoms with Gasteiger partial charge in [0, 0.05) is 11.6 Å². The van der Waals surface area contributed by atoms with E-state index in [0.717, 1.165) is 5.92 Å². The van der Waals surface area contributed by atoms with Crippen LogP contribution in [0.4, 0.5) is 0 Å². The smallest absolute Gasteiger partial charge is 0.0321 e. The monoisotopic (exact) mass is 208 g/mol. The first kappa shape index (κ1) is 10.1. The first-order valence-electron chi connectivity index (χ1n) is 6.46. The topological polar surface area (TPSA) is 52.0 Å². The Balaban J connectivity index is 2.05. The second-order valence-corrected chi connectivity index (χ2v) is 7.05. The third-order valence-corrected chi connectivity index (χ3v) is 5.75. The minimum atomic E-state index is -0.0375. The second kappa shape index (κ2) is 2.60. The molecule has 0 aromatic rings. The Hall–Kier alpha value is -0.0800. The molecule has 0 heterocycles. The van der Waals surface area contributed by atoms with E-state index in [0.29, 0.717) is 10.8 Å². The summed E-state index contributed by atoms with van der Waals surface area (Å²) in [4.78, 5) is 0. The normalized spacial score (nSPS) is 62.4. The average Bonchev–Trinajstić information content (AvgIpc) is 2.12. The van der Waals surface area contributed by atoms with Crippen molar-refractivity contribution in [3.8, 4) is 0 Å². The zero-order valence-electron chi connectivity index (χ0n) is 10.1. The molecule has 86 valence electrons. The van der Waals surface area contributed by atoms with Crippen LogP contribution < -0.4 is 11.5 Å². The van der Waals surface area contributed by atoms with Crippen LogP contribution >= 0.6 is 0 Å². The van der Waals surface area contributed by atoms with Crippen molar-refractivity contribution >= 4 is 0 Å². The molecule has 0 aliphatic heterocycles. The molecular formula is C13H24N2. The van der Waals surface area contributed by atoms with Crippen LogP contribution in [0.3, 0.4) is 0 Å². The summed E-state index contributed by atoms with van der Waals surface area (Å²) in [5.74, 6) is 0.863. The molecule has 0 spiro atoms. The van der Waals surface area contributed by atoms with Gasteiger partial charge in [-0.2, -0.15) is 0 Å². The molecule has 15 heavy (non-hydrogen) atoms. The van der Waals surface area contributed by atoms with E-state index in [1.54, 1.807) is 0 Å². The lowest BCUT2D eigenvalue weighted by atomic mass is 9.40. The van der Waals surface area contributed by atoms with Gasteiger partial charge in [0.15, 0.2) is 0 Å². The fourth-order valence-corrected chi connectivity index (χ4v) is 5.49. The van der Waals surface area contributed by atoms with E-state index < -0.39 is 0 Å². The standard InChI is InChI=1S/C13H24N2/c1-3-12-5-9-4-11(2,7-12)10(14)13(15,6-9)8-12/h9-10H,3-8,14-15H2,1-2H3. The molecule has 5 atom stereocenters. The van der Waals surface area contributed by atoms with E-state index in [1.807, 2.05) is 0 Å². The zero-order valence-corrected chi connectivity index (χ0v) is 10.1. The summed E-state index contributed by atoms with van der Waals surface area (Å²) in [5.41, 5.74) is 13.9. The maximum atomic E-state index is 6.59. The van der Waals surface area contributed by atoms with Crippen LogP contribution in [0.25, 0.3) is 0 Å². The van der Waals surface area contributed by atoms with Crippen molar-refractivity contribution in [3.05, 3.63) is 0 Å². The minimum Gasteiger partial charge on any atom is -0.326 e. The minimum absolute atomic E-state index is 0.0375. The van der Waals surface area contributed by atoms with Crippen molar-refractivity contribution in [1.82, 2.24) is 0 Å². The molecule has 4 saturated carbocycles. The Kier molecular flexibility index (Phi) is 1.75. The number of nitrogens with two attached hydrogens (primary N) is 2. The van der Waals surface area contributed by atoms with Gasteiger partial charge in [-0.25, -0.2) is 0 Å². The molecule has 4 N–H and O–H groups in total. The van der Waals surface area contributed by atoms with Crippen LogP contribution in [-0.4, -0.2) is 11.6 Å². The van der Waals surface area contributed by atoms with Gasteiger partial charge in [0.1, 0.15) is 0 Å². The Bertz CT molecular complexity index is 269. The van der Waals surface area contributed by atoms with Crippen LogP contribution in [0.15, 0.2) is 0 Å². The first-order valence-corrected chi connectivity index (χ1v) is 6.46. The van der Waals surface area contributed by atoms with Gasteiger partial charge in [0.05, 0.1) is 0 Å². The lowest BCUT2D eigenvalue weighted by Gasteiger charge is -2.68. The third kappa shape index (κ3) is 1.13. The van der Waals surface area contributed by atoms with Crippen molar-refractivity contribution in [1.29, 1.82) is 0 Å². The van der Waals surface area contributed by atoms with Gasteiger partial charge in [-0.3, -0.25) is 0 Å². The van der Waals surface area contributed by atoms with Crippen molar-refractivity contribution in [2.45, 2.75) is 64.0 Å². The second-order valence-electron chi connectivity index (χ2n) is 7.05. The number of hydrogen-bond acceptors (Lipinski definition) is 2. The van der Waals surface area contributed by atoms with Crippen molar-refractivity contribution < 1.29 is 0 Å². The van der Waals surface area contributed by atoms with E-state index in [-0.39, 0.29) is 11.6 Å². The predicted molar refractivity (Wildman–Crippen MR) is 62.3 cm³/mol. The van der Waals surface area contributed by atoms with Gasteiger partial charge in [-0.1, -0.05) is 20.3 Å². The highest BCUT2D eigenvalue weighted by Crippen LogP contribution is 2.66. The van der Waals surface area contributed by atoms with E-state index in [2.05, 4.69) is 13.8 Å². The van der Waals surface area contributed by atoms with Crippen LogP contribution in [-0.2, 0) is 0 Å². The van der Waals surface area contributed by atoms with Crippen LogP contribution in [0.2, 0.25) is 0 Å². The van der Waals surface area contributed by atoms with Crippen molar-refractivity contribution in [3.63, 3.8) is 0 Å². The lowest BCUT2D eigenvalue weighted by Crippen LogP contribution is -2.74. The molecule has 5 unspecified atom stereocenters. The first-order chi connectivity index (χ1) is 6.91. The molecule has 4 aliphatic rings. The summed E-state index contributed by atoms with van der Waals surface area (Å²) in [6.45, 7) is 4.72. The molecule has 4 bridgehead atoms. The van der Waals surface area contributed by atoms with Gasteiger partial charge in [-0.05, 0) is 48.9 Å². The highest BCUT2D eigenvalue weighted by molar-refractivity contribution is 5.20. The molecule has 4 fully saturated rings. The average molecular weight is 208 g/mol. The Morgan fingerprint density at radius 2 is 1.93 bits per heavy atom. The van der Waals surface area contributed by atoms with Gasteiger partial charge >= 0.3 is 0 Å². The maximum absolute atomic E-state index is 6.59. The third-order valence-electron chi connectivity index (χ3n) is 5.75. The van der Waals surface area contributed by atoms with E-state index in [1.165, 1.54) is 38.5 Å². The summed E-state index contributed by atoms with van der Waals surface area (Å²) >= 11 is 0. The van der Waals surface area contributed by atoms with Gasteiger partial charge in [-0.15, -0.1) is 0 Å². The lowest BCUT2D eigenvalue weighted by molar-refractivity contribution is -0.130. The molecule has 0 saturated heterocycles. The van der Waals surface area contributed by atoms with Gasteiger partial charge in [0.2, 0.25) is 0 Å². The molecule has 2 heteroatoms. The molecule has 0 radical (unpaired) electrons. The summed E-state index contributed by atoms with van der Waals surface area (Å²) in [6.07, 6.45) is 7.74. The SMILES string of the molecule is CCC12CC3CC(C)(C1)C(N)C(N)(C3)C2. The van der Waals surface area contributed by atoms with E-state index >= 15 is 0 Å².